The molecular weight excluding hydrogens is 270 g/mol. The first kappa shape index (κ1) is 16.9. The van der Waals surface area contributed by atoms with Gasteiger partial charge in [0, 0.05) is 20.3 Å². The van der Waals surface area contributed by atoms with E-state index in [9.17, 15) is 9.59 Å². The fraction of sp³-hybridized carbons (Fsp3) is 0.375. The van der Waals surface area contributed by atoms with E-state index >= 15 is 0 Å². The number of esters is 1. The number of carbonyl (C=O) groups excluding carboxylic acids is 2. The molecule has 5 nitrogen and oxygen atoms in total. The molecule has 0 amide bonds. The van der Waals surface area contributed by atoms with Crippen LogP contribution in [0, 0.1) is 0 Å². The Hall–Kier alpha value is -2.14. The molecule has 0 aliphatic carbocycles. The molecule has 0 aromatic heterocycles. The first-order valence-electron chi connectivity index (χ1n) is 6.74. The number of nitrogens with zero attached hydrogens (tertiary/aromatic N) is 1. The maximum Gasteiger partial charge on any atom is 0.343 e. The van der Waals surface area contributed by atoms with Crippen LogP contribution in [0.1, 0.15) is 12.5 Å². The molecular formula is C16H21NO4. The van der Waals surface area contributed by atoms with Crippen molar-refractivity contribution >= 4 is 11.8 Å². The molecule has 0 aliphatic heterocycles. The molecule has 0 heterocycles. The van der Waals surface area contributed by atoms with Gasteiger partial charge in [0.1, 0.15) is 12.2 Å². The molecule has 0 spiro atoms. The van der Waals surface area contributed by atoms with Crippen molar-refractivity contribution in [1.29, 1.82) is 0 Å². The van der Waals surface area contributed by atoms with Gasteiger partial charge in [-0.3, -0.25) is 4.79 Å². The molecule has 0 aliphatic rings. The van der Waals surface area contributed by atoms with Crippen molar-refractivity contribution in [3.05, 3.63) is 47.7 Å². The molecule has 0 N–H and O–H groups in total. The largest absolute Gasteiger partial charge is 0.462 e. The van der Waals surface area contributed by atoms with Gasteiger partial charge in [-0.15, -0.1) is 0 Å². The Bertz CT molecular complexity index is 494. The Kier molecular flexibility index (Phi) is 7.18. The Balaban J connectivity index is 2.59. The molecule has 21 heavy (non-hydrogen) atoms. The molecule has 1 aromatic carbocycles. The molecule has 1 rings (SSSR count). The van der Waals surface area contributed by atoms with Gasteiger partial charge in [0.25, 0.3) is 0 Å². The molecule has 5 heteroatoms. The van der Waals surface area contributed by atoms with E-state index in [-0.39, 0.29) is 18.8 Å². The van der Waals surface area contributed by atoms with Crippen LogP contribution in [0.25, 0.3) is 0 Å². The monoisotopic (exact) mass is 291 g/mol. The van der Waals surface area contributed by atoms with Crippen LogP contribution in [0.4, 0.5) is 0 Å². The number of benzene rings is 1. The molecule has 0 bridgehead atoms. The molecule has 0 radical (unpaired) electrons. The van der Waals surface area contributed by atoms with Gasteiger partial charge in [0.15, 0.2) is 5.78 Å². The Morgan fingerprint density at radius 2 is 1.86 bits per heavy atom. The van der Waals surface area contributed by atoms with Crippen LogP contribution in [0.3, 0.4) is 0 Å². The van der Waals surface area contributed by atoms with Gasteiger partial charge in [0.2, 0.25) is 0 Å². The lowest BCUT2D eigenvalue weighted by Gasteiger charge is -2.11. The second-order valence-electron chi connectivity index (χ2n) is 4.63. The number of ketones is 1. The van der Waals surface area contributed by atoms with Crippen molar-refractivity contribution in [1.82, 2.24) is 4.90 Å². The fourth-order valence-corrected chi connectivity index (χ4v) is 1.62. The van der Waals surface area contributed by atoms with E-state index in [0.717, 1.165) is 5.56 Å². The summed E-state index contributed by atoms with van der Waals surface area (Å²) in [6.07, 6.45) is 1.45. The van der Waals surface area contributed by atoms with Crippen molar-refractivity contribution in [2.45, 2.75) is 13.5 Å². The number of hydrogen-bond donors (Lipinski definition) is 0. The summed E-state index contributed by atoms with van der Waals surface area (Å²) in [5, 5.41) is 0. The van der Waals surface area contributed by atoms with Gasteiger partial charge in [-0.25, -0.2) is 4.79 Å². The van der Waals surface area contributed by atoms with Crippen LogP contribution in [0.2, 0.25) is 0 Å². The lowest BCUT2D eigenvalue weighted by atomic mass is 10.2. The smallest absolute Gasteiger partial charge is 0.343 e. The number of rotatable bonds is 8. The van der Waals surface area contributed by atoms with E-state index < -0.39 is 11.8 Å². The van der Waals surface area contributed by atoms with E-state index in [4.69, 9.17) is 9.47 Å². The van der Waals surface area contributed by atoms with Crippen LogP contribution >= 0.6 is 0 Å². The Morgan fingerprint density at radius 1 is 1.19 bits per heavy atom. The molecule has 114 valence electrons. The topological polar surface area (TPSA) is 55.8 Å². The van der Waals surface area contributed by atoms with Crippen LogP contribution < -0.4 is 0 Å². The van der Waals surface area contributed by atoms with Gasteiger partial charge >= 0.3 is 5.97 Å². The van der Waals surface area contributed by atoms with Gasteiger partial charge in [0.05, 0.1) is 13.2 Å². The molecule has 0 saturated heterocycles. The highest BCUT2D eigenvalue weighted by Crippen LogP contribution is 2.05. The lowest BCUT2D eigenvalue weighted by molar-refractivity contribution is -0.140. The molecule has 0 atom stereocenters. The molecule has 0 saturated carbocycles. The van der Waals surface area contributed by atoms with Crippen LogP contribution in [-0.2, 0) is 25.7 Å². The number of hydrogen-bond acceptors (Lipinski definition) is 5. The van der Waals surface area contributed by atoms with Gasteiger partial charge in [-0.2, -0.15) is 0 Å². The summed E-state index contributed by atoms with van der Waals surface area (Å²) in [4.78, 5) is 25.5. The maximum absolute atomic E-state index is 12.1. The highest BCUT2D eigenvalue weighted by molar-refractivity contribution is 6.17. The van der Waals surface area contributed by atoms with E-state index in [1.54, 1.807) is 25.9 Å². The predicted molar refractivity (Wildman–Crippen MR) is 79.5 cm³/mol. The zero-order valence-corrected chi connectivity index (χ0v) is 12.7. The van der Waals surface area contributed by atoms with Crippen molar-refractivity contribution < 1.29 is 19.1 Å². The van der Waals surface area contributed by atoms with Crippen molar-refractivity contribution in [3.63, 3.8) is 0 Å². The van der Waals surface area contributed by atoms with E-state index in [1.807, 2.05) is 30.3 Å². The molecule has 0 fully saturated rings. The van der Waals surface area contributed by atoms with E-state index in [2.05, 4.69) is 0 Å². The quantitative estimate of drug-likeness (QED) is 0.316. The van der Waals surface area contributed by atoms with E-state index in [1.165, 1.54) is 6.20 Å². The van der Waals surface area contributed by atoms with Crippen LogP contribution in [0.5, 0.6) is 0 Å². The average molecular weight is 291 g/mol. The number of Topliss-reactive ketones (excluding diaryl/α,β-unsaturated/α-hetero) is 1. The highest BCUT2D eigenvalue weighted by atomic mass is 16.5. The molecule has 0 unspecified atom stereocenters. The summed E-state index contributed by atoms with van der Waals surface area (Å²) in [5.74, 6) is -1.02. The van der Waals surface area contributed by atoms with Crippen molar-refractivity contribution in [2.24, 2.45) is 0 Å². The maximum atomic E-state index is 12.1. The van der Waals surface area contributed by atoms with Crippen LogP contribution in [-0.4, -0.2) is 44.0 Å². The van der Waals surface area contributed by atoms with Crippen LogP contribution in [0.15, 0.2) is 42.1 Å². The third-order valence-electron chi connectivity index (χ3n) is 2.53. The minimum absolute atomic E-state index is 0.00471. The SMILES string of the molecule is CCOC(=O)C(=CN(C)C)C(=O)COCc1ccccc1. The summed E-state index contributed by atoms with van der Waals surface area (Å²) >= 11 is 0. The minimum Gasteiger partial charge on any atom is -0.462 e. The average Bonchev–Trinajstić information content (AvgIpc) is 2.45. The Labute approximate surface area is 125 Å². The third kappa shape index (κ3) is 6.23. The fourth-order valence-electron chi connectivity index (χ4n) is 1.62. The highest BCUT2D eigenvalue weighted by Gasteiger charge is 2.20. The Morgan fingerprint density at radius 3 is 2.43 bits per heavy atom. The van der Waals surface area contributed by atoms with Gasteiger partial charge < -0.3 is 14.4 Å². The zero-order chi connectivity index (χ0) is 15.7. The van der Waals surface area contributed by atoms with Crippen molar-refractivity contribution in [3.8, 4) is 0 Å². The third-order valence-corrected chi connectivity index (χ3v) is 2.53. The second-order valence-corrected chi connectivity index (χ2v) is 4.63. The summed E-state index contributed by atoms with van der Waals surface area (Å²) in [5.41, 5.74) is 0.967. The summed E-state index contributed by atoms with van der Waals surface area (Å²) < 4.78 is 10.2. The summed E-state index contributed by atoms with van der Waals surface area (Å²) in [6.45, 7) is 2.08. The van der Waals surface area contributed by atoms with Gasteiger partial charge in [-0.1, -0.05) is 30.3 Å². The summed E-state index contributed by atoms with van der Waals surface area (Å²) in [6, 6.07) is 9.53. The predicted octanol–water partition coefficient (Wildman–Crippen LogP) is 1.78. The number of ether oxygens (including phenoxy) is 2. The standard InChI is InChI=1S/C16H21NO4/c1-4-21-16(19)14(10-17(2)3)15(18)12-20-11-13-8-6-5-7-9-13/h5-10H,4,11-12H2,1-3H3. The summed E-state index contributed by atoms with van der Waals surface area (Å²) in [7, 11) is 3.47. The molecule has 1 aromatic rings. The lowest BCUT2D eigenvalue weighted by Crippen LogP contribution is -2.22. The van der Waals surface area contributed by atoms with E-state index in [0.29, 0.717) is 6.61 Å². The zero-order valence-electron chi connectivity index (χ0n) is 12.7. The van der Waals surface area contributed by atoms with Crippen molar-refractivity contribution in [2.75, 3.05) is 27.3 Å². The second kappa shape index (κ2) is 8.92. The minimum atomic E-state index is -0.625. The first-order chi connectivity index (χ1) is 10.0. The normalized spacial score (nSPS) is 11.1. The number of carbonyl (C=O) groups is 2. The first-order valence-corrected chi connectivity index (χ1v) is 6.74. The van der Waals surface area contributed by atoms with Gasteiger partial charge in [-0.05, 0) is 12.5 Å².